The van der Waals surface area contributed by atoms with E-state index in [0.29, 0.717) is 11.4 Å². The minimum Gasteiger partial charge on any atom is -0.326 e. The highest BCUT2D eigenvalue weighted by molar-refractivity contribution is 7.89. The van der Waals surface area contributed by atoms with Gasteiger partial charge in [-0.15, -0.1) is 22.7 Å². The summed E-state index contributed by atoms with van der Waals surface area (Å²) >= 11 is 2.98. The molecule has 0 atom stereocenters. The van der Waals surface area contributed by atoms with Crippen molar-refractivity contribution in [1.82, 2.24) is 4.31 Å². The van der Waals surface area contributed by atoms with E-state index in [9.17, 15) is 8.42 Å². The summed E-state index contributed by atoms with van der Waals surface area (Å²) in [5.74, 6) is 0. The first kappa shape index (κ1) is 16.6. The first-order valence-electron chi connectivity index (χ1n) is 6.69. The van der Waals surface area contributed by atoms with E-state index in [4.69, 9.17) is 5.73 Å². The molecule has 0 unspecified atom stereocenters. The lowest BCUT2D eigenvalue weighted by atomic mass is 10.3. The van der Waals surface area contributed by atoms with Crippen LogP contribution < -0.4 is 5.73 Å². The molecule has 0 amide bonds. The summed E-state index contributed by atoms with van der Waals surface area (Å²) in [5, 5.41) is 3.82. The van der Waals surface area contributed by atoms with Crippen molar-refractivity contribution in [2.75, 3.05) is 0 Å². The zero-order valence-electron chi connectivity index (χ0n) is 12.4. The second kappa shape index (κ2) is 6.58. The van der Waals surface area contributed by atoms with Gasteiger partial charge in [-0.25, -0.2) is 8.42 Å². The Labute approximate surface area is 134 Å². The van der Waals surface area contributed by atoms with Crippen LogP contribution in [-0.2, 0) is 23.1 Å². The fraction of sp³-hybridized carbons (Fsp3) is 0.429. The maximum atomic E-state index is 13.0. The summed E-state index contributed by atoms with van der Waals surface area (Å²) in [4.78, 5) is 2.15. The Hall–Kier alpha value is -0.730. The predicted octanol–water partition coefficient (Wildman–Crippen LogP) is 3.18. The predicted molar refractivity (Wildman–Crippen MR) is 89.1 cm³/mol. The molecule has 2 N–H and O–H groups in total. The highest BCUT2D eigenvalue weighted by Crippen LogP contribution is 2.31. The number of rotatable bonds is 6. The van der Waals surface area contributed by atoms with Crippen LogP contribution in [0.15, 0.2) is 27.8 Å². The molecule has 4 nitrogen and oxygen atoms in total. The summed E-state index contributed by atoms with van der Waals surface area (Å²) in [6, 6.07) is 3.79. The van der Waals surface area contributed by atoms with Crippen molar-refractivity contribution < 1.29 is 8.42 Å². The third kappa shape index (κ3) is 3.37. The van der Waals surface area contributed by atoms with Gasteiger partial charge in [-0.3, -0.25) is 0 Å². The minimum atomic E-state index is -3.54. The van der Waals surface area contributed by atoms with E-state index in [1.165, 1.54) is 11.3 Å². The molecule has 116 valence electrons. The van der Waals surface area contributed by atoms with E-state index in [1.807, 2.05) is 43.7 Å². The van der Waals surface area contributed by atoms with Crippen molar-refractivity contribution in [3.05, 3.63) is 38.2 Å². The highest BCUT2D eigenvalue weighted by Gasteiger charge is 2.31. The molecule has 2 rings (SSSR count). The van der Waals surface area contributed by atoms with Crippen LogP contribution in [0, 0.1) is 6.92 Å². The van der Waals surface area contributed by atoms with Crippen LogP contribution >= 0.6 is 22.7 Å². The molecule has 0 aliphatic carbocycles. The second-order valence-electron chi connectivity index (χ2n) is 5.10. The van der Waals surface area contributed by atoms with Gasteiger partial charge in [-0.2, -0.15) is 4.31 Å². The van der Waals surface area contributed by atoms with E-state index < -0.39 is 10.0 Å². The zero-order valence-corrected chi connectivity index (χ0v) is 14.8. The van der Waals surface area contributed by atoms with Gasteiger partial charge in [0.15, 0.2) is 0 Å². The molecule has 21 heavy (non-hydrogen) atoms. The number of nitrogens with two attached hydrogens (primary N) is 1. The molecule has 0 saturated heterocycles. The monoisotopic (exact) mass is 344 g/mol. The Bertz CT molecular complexity index is 688. The number of hydrogen-bond donors (Lipinski definition) is 1. The van der Waals surface area contributed by atoms with Gasteiger partial charge in [0, 0.05) is 28.9 Å². The van der Waals surface area contributed by atoms with Gasteiger partial charge < -0.3 is 5.73 Å². The number of aryl methyl sites for hydroxylation is 1. The molecule has 0 spiro atoms. The molecule has 2 heterocycles. The SMILES string of the molecule is Cc1csc(CN)c1S(=O)(=O)N(Cc1cccs1)C(C)C. The van der Waals surface area contributed by atoms with E-state index in [1.54, 1.807) is 15.6 Å². The summed E-state index contributed by atoms with van der Waals surface area (Å²) in [6.45, 7) is 6.27. The molecule has 7 heteroatoms. The summed E-state index contributed by atoms with van der Waals surface area (Å²) in [6.07, 6.45) is 0. The average Bonchev–Trinajstić information content (AvgIpc) is 3.04. The molecule has 0 saturated carbocycles. The van der Waals surface area contributed by atoms with Gasteiger partial charge in [0.05, 0.1) is 0 Å². The van der Waals surface area contributed by atoms with E-state index in [-0.39, 0.29) is 12.6 Å². The number of sulfonamides is 1. The van der Waals surface area contributed by atoms with E-state index in [0.717, 1.165) is 15.3 Å². The normalized spacial score (nSPS) is 12.5. The maximum absolute atomic E-state index is 13.0. The first-order valence-corrected chi connectivity index (χ1v) is 9.89. The number of hydrogen-bond acceptors (Lipinski definition) is 5. The van der Waals surface area contributed by atoms with Crippen LogP contribution in [-0.4, -0.2) is 18.8 Å². The first-order chi connectivity index (χ1) is 9.87. The standard InChI is InChI=1S/C14H20N2O2S3/c1-10(2)16(8-12-5-4-6-19-12)21(17,18)14-11(3)9-20-13(14)7-15/h4-6,9-10H,7-8,15H2,1-3H3. The maximum Gasteiger partial charge on any atom is 0.245 e. The Kier molecular flexibility index (Phi) is 5.21. The van der Waals surface area contributed by atoms with Crippen molar-refractivity contribution in [1.29, 1.82) is 0 Å². The number of nitrogens with zero attached hydrogens (tertiary/aromatic N) is 1. The fourth-order valence-corrected chi connectivity index (χ4v) is 6.25. The van der Waals surface area contributed by atoms with Crippen LogP contribution in [0.1, 0.15) is 29.2 Å². The summed E-state index contributed by atoms with van der Waals surface area (Å²) in [5.41, 5.74) is 6.48. The molecule has 0 bridgehead atoms. The van der Waals surface area contributed by atoms with Gasteiger partial charge in [-0.05, 0) is 43.2 Å². The quantitative estimate of drug-likeness (QED) is 0.875. The van der Waals surface area contributed by atoms with Crippen molar-refractivity contribution in [2.45, 2.75) is 44.8 Å². The lowest BCUT2D eigenvalue weighted by molar-refractivity contribution is 0.350. The third-order valence-corrected chi connectivity index (χ3v) is 7.58. The lowest BCUT2D eigenvalue weighted by Crippen LogP contribution is -2.36. The van der Waals surface area contributed by atoms with Gasteiger partial charge in [0.25, 0.3) is 0 Å². The molecule has 0 aliphatic heterocycles. The molecule has 0 fully saturated rings. The Morgan fingerprint density at radius 3 is 2.57 bits per heavy atom. The van der Waals surface area contributed by atoms with Crippen LogP contribution in [0.4, 0.5) is 0 Å². The topological polar surface area (TPSA) is 63.4 Å². The molecule has 0 aromatic carbocycles. The molecule has 0 aliphatic rings. The van der Waals surface area contributed by atoms with Crippen LogP contribution in [0.2, 0.25) is 0 Å². The zero-order chi connectivity index (χ0) is 15.6. The van der Waals surface area contributed by atoms with Gasteiger partial charge in [0.2, 0.25) is 10.0 Å². The van der Waals surface area contributed by atoms with Crippen molar-refractivity contribution in [3.63, 3.8) is 0 Å². The second-order valence-corrected chi connectivity index (χ2v) is 8.92. The average molecular weight is 345 g/mol. The number of thiophene rings is 2. The molecule has 2 aromatic rings. The van der Waals surface area contributed by atoms with E-state index in [2.05, 4.69) is 0 Å². The lowest BCUT2D eigenvalue weighted by Gasteiger charge is -2.26. The van der Waals surface area contributed by atoms with Crippen molar-refractivity contribution in [3.8, 4) is 0 Å². The van der Waals surface area contributed by atoms with Crippen molar-refractivity contribution in [2.24, 2.45) is 5.73 Å². The molecular formula is C14H20N2O2S3. The summed E-state index contributed by atoms with van der Waals surface area (Å²) < 4.78 is 27.6. The largest absolute Gasteiger partial charge is 0.326 e. The van der Waals surface area contributed by atoms with Crippen molar-refractivity contribution >= 4 is 32.7 Å². The smallest absolute Gasteiger partial charge is 0.245 e. The minimum absolute atomic E-state index is 0.109. The molecule has 2 aromatic heterocycles. The Morgan fingerprint density at radius 1 is 1.33 bits per heavy atom. The fourth-order valence-electron chi connectivity index (χ4n) is 2.19. The Morgan fingerprint density at radius 2 is 2.05 bits per heavy atom. The molecule has 0 radical (unpaired) electrons. The Balaban J connectivity index is 2.45. The third-order valence-electron chi connectivity index (χ3n) is 3.21. The van der Waals surface area contributed by atoms with Crippen LogP contribution in [0.3, 0.4) is 0 Å². The van der Waals surface area contributed by atoms with E-state index >= 15 is 0 Å². The van der Waals surface area contributed by atoms with Gasteiger partial charge >= 0.3 is 0 Å². The van der Waals surface area contributed by atoms with Crippen LogP contribution in [0.25, 0.3) is 0 Å². The van der Waals surface area contributed by atoms with Crippen LogP contribution in [0.5, 0.6) is 0 Å². The summed E-state index contributed by atoms with van der Waals surface area (Å²) in [7, 11) is -3.54. The molecular weight excluding hydrogens is 324 g/mol. The van der Waals surface area contributed by atoms with Gasteiger partial charge in [0.1, 0.15) is 4.90 Å². The van der Waals surface area contributed by atoms with Gasteiger partial charge in [-0.1, -0.05) is 6.07 Å². The highest BCUT2D eigenvalue weighted by atomic mass is 32.2.